The third-order valence-corrected chi connectivity index (χ3v) is 1.52. The van der Waals surface area contributed by atoms with Gasteiger partial charge in [0.05, 0.1) is 26.3 Å². The average Bonchev–Trinajstić information content (AvgIpc) is 2.16. The minimum absolute atomic E-state index is 0.232. The first-order chi connectivity index (χ1) is 6.17. The first-order valence-corrected chi connectivity index (χ1v) is 3.90. The van der Waals surface area contributed by atoms with Gasteiger partial charge in [-0.1, -0.05) is 0 Å². The topological polar surface area (TPSA) is 70.3 Å². The van der Waals surface area contributed by atoms with Crippen molar-refractivity contribution in [3.8, 4) is 11.8 Å². The van der Waals surface area contributed by atoms with E-state index in [2.05, 4.69) is 9.97 Å². The van der Waals surface area contributed by atoms with Crippen LogP contribution in [-0.2, 0) is 0 Å². The van der Waals surface area contributed by atoms with Crippen LogP contribution in [0, 0.1) is 0 Å². The number of nitrogens with zero attached hydrogens (tertiary/aromatic N) is 2. The lowest BCUT2D eigenvalue weighted by molar-refractivity contribution is 0.366. The van der Waals surface area contributed by atoms with Gasteiger partial charge in [-0.15, -0.1) is 0 Å². The molecule has 1 heterocycles. The molecule has 0 saturated heterocycles. The molecule has 0 bridgehead atoms. The Bertz CT molecular complexity index is 266. The van der Waals surface area contributed by atoms with E-state index < -0.39 is 0 Å². The van der Waals surface area contributed by atoms with E-state index >= 15 is 0 Å². The molecule has 0 fully saturated rings. The van der Waals surface area contributed by atoms with E-state index in [1.165, 1.54) is 14.2 Å². The summed E-state index contributed by atoms with van der Waals surface area (Å²) in [5.41, 5.74) is 5.62. The van der Waals surface area contributed by atoms with E-state index in [9.17, 15) is 0 Å². The fraction of sp³-hybridized carbons (Fsp3) is 0.500. The molecule has 1 aromatic rings. The minimum Gasteiger partial charge on any atom is -0.481 e. The molecule has 0 aliphatic heterocycles. The molecule has 0 aromatic carbocycles. The van der Waals surface area contributed by atoms with Crippen molar-refractivity contribution in [2.45, 2.75) is 13.0 Å². The molecule has 2 N–H and O–H groups in total. The minimum atomic E-state index is -0.232. The van der Waals surface area contributed by atoms with Gasteiger partial charge in [-0.2, -0.15) is 9.97 Å². The van der Waals surface area contributed by atoms with Crippen molar-refractivity contribution in [1.82, 2.24) is 9.97 Å². The van der Waals surface area contributed by atoms with Crippen LogP contribution in [-0.4, -0.2) is 24.2 Å². The fourth-order valence-electron chi connectivity index (χ4n) is 0.834. The number of hydrogen-bond acceptors (Lipinski definition) is 5. The molecule has 0 saturated carbocycles. The van der Waals surface area contributed by atoms with Crippen molar-refractivity contribution in [1.29, 1.82) is 0 Å². The van der Waals surface area contributed by atoms with Gasteiger partial charge < -0.3 is 15.2 Å². The first-order valence-electron chi connectivity index (χ1n) is 3.90. The Labute approximate surface area is 76.9 Å². The standard InChI is InChI=1S/C8H13N3O2/c1-5(9)8-10-6(12-2)4-7(11-8)13-3/h4-5H,9H2,1-3H3. The summed E-state index contributed by atoms with van der Waals surface area (Å²) in [6.45, 7) is 1.80. The highest BCUT2D eigenvalue weighted by Crippen LogP contribution is 2.17. The Kier molecular flexibility index (Phi) is 3.02. The molecular formula is C8H13N3O2. The number of methoxy groups -OCH3 is 2. The Morgan fingerprint density at radius 1 is 1.23 bits per heavy atom. The summed E-state index contributed by atoms with van der Waals surface area (Å²) in [5.74, 6) is 1.43. The van der Waals surface area contributed by atoms with Gasteiger partial charge in [0.25, 0.3) is 0 Å². The molecule has 1 aromatic heterocycles. The summed E-state index contributed by atoms with van der Waals surface area (Å²) in [4.78, 5) is 8.12. The lowest BCUT2D eigenvalue weighted by atomic mass is 10.3. The second-order valence-electron chi connectivity index (χ2n) is 2.60. The molecule has 1 atom stereocenters. The van der Waals surface area contributed by atoms with Crippen molar-refractivity contribution >= 4 is 0 Å². The maximum Gasteiger partial charge on any atom is 0.220 e. The molecule has 13 heavy (non-hydrogen) atoms. The molecule has 0 aliphatic carbocycles. The molecule has 5 heteroatoms. The van der Waals surface area contributed by atoms with Gasteiger partial charge in [-0.25, -0.2) is 0 Å². The van der Waals surface area contributed by atoms with Crippen molar-refractivity contribution < 1.29 is 9.47 Å². The molecule has 0 spiro atoms. The van der Waals surface area contributed by atoms with Gasteiger partial charge in [0.2, 0.25) is 11.8 Å². The third kappa shape index (κ3) is 2.29. The summed E-state index contributed by atoms with van der Waals surface area (Å²) in [7, 11) is 3.07. The first kappa shape index (κ1) is 9.73. The van der Waals surface area contributed by atoms with Crippen molar-refractivity contribution in [3.05, 3.63) is 11.9 Å². The van der Waals surface area contributed by atoms with Gasteiger partial charge in [-0.05, 0) is 6.92 Å². The van der Waals surface area contributed by atoms with Crippen LogP contribution in [0.1, 0.15) is 18.8 Å². The number of nitrogens with two attached hydrogens (primary N) is 1. The van der Waals surface area contributed by atoms with Gasteiger partial charge in [0.1, 0.15) is 0 Å². The van der Waals surface area contributed by atoms with Crippen LogP contribution in [0.15, 0.2) is 6.07 Å². The zero-order chi connectivity index (χ0) is 9.84. The average molecular weight is 183 g/mol. The monoisotopic (exact) mass is 183 g/mol. The Morgan fingerprint density at radius 2 is 1.69 bits per heavy atom. The predicted molar refractivity (Wildman–Crippen MR) is 47.7 cm³/mol. The van der Waals surface area contributed by atoms with Gasteiger partial charge in [0, 0.05) is 0 Å². The van der Waals surface area contributed by atoms with Crippen molar-refractivity contribution in [2.24, 2.45) is 5.73 Å². The summed E-state index contributed by atoms with van der Waals surface area (Å²) in [6, 6.07) is 1.37. The van der Waals surface area contributed by atoms with Gasteiger partial charge in [-0.3, -0.25) is 0 Å². The third-order valence-electron chi connectivity index (χ3n) is 1.52. The zero-order valence-electron chi connectivity index (χ0n) is 7.94. The van der Waals surface area contributed by atoms with E-state index in [0.29, 0.717) is 17.6 Å². The Morgan fingerprint density at radius 3 is 2.00 bits per heavy atom. The van der Waals surface area contributed by atoms with Crippen LogP contribution in [0.5, 0.6) is 11.8 Å². The molecule has 1 rings (SSSR count). The molecule has 5 nitrogen and oxygen atoms in total. The van der Waals surface area contributed by atoms with Crippen LogP contribution >= 0.6 is 0 Å². The zero-order valence-corrected chi connectivity index (χ0v) is 7.94. The Balaban J connectivity index is 3.07. The number of ether oxygens (including phenoxy) is 2. The number of aromatic nitrogens is 2. The van der Waals surface area contributed by atoms with Crippen LogP contribution in [0.3, 0.4) is 0 Å². The largest absolute Gasteiger partial charge is 0.481 e. The molecule has 72 valence electrons. The highest BCUT2D eigenvalue weighted by molar-refractivity contribution is 5.21. The maximum atomic E-state index is 5.62. The van der Waals surface area contributed by atoms with E-state index in [1.54, 1.807) is 13.0 Å². The summed E-state index contributed by atoms with van der Waals surface area (Å²) in [6.07, 6.45) is 0. The highest BCUT2D eigenvalue weighted by atomic mass is 16.5. The second-order valence-corrected chi connectivity index (χ2v) is 2.60. The normalized spacial score (nSPS) is 12.3. The number of rotatable bonds is 3. The van der Waals surface area contributed by atoms with Gasteiger partial charge in [0.15, 0.2) is 5.82 Å². The number of hydrogen-bond donors (Lipinski definition) is 1. The summed E-state index contributed by atoms with van der Waals surface area (Å²) in [5, 5.41) is 0. The maximum absolute atomic E-state index is 5.62. The second kappa shape index (κ2) is 4.04. The molecular weight excluding hydrogens is 170 g/mol. The predicted octanol–water partition coefficient (Wildman–Crippen LogP) is 0.513. The smallest absolute Gasteiger partial charge is 0.220 e. The van der Waals surface area contributed by atoms with Gasteiger partial charge >= 0.3 is 0 Å². The fourth-order valence-corrected chi connectivity index (χ4v) is 0.834. The molecule has 1 unspecified atom stereocenters. The van der Waals surface area contributed by atoms with E-state index in [1.807, 2.05) is 0 Å². The van der Waals surface area contributed by atoms with Crippen molar-refractivity contribution in [2.75, 3.05) is 14.2 Å². The van der Waals surface area contributed by atoms with Crippen LogP contribution in [0.25, 0.3) is 0 Å². The van der Waals surface area contributed by atoms with E-state index in [4.69, 9.17) is 15.2 Å². The van der Waals surface area contributed by atoms with Crippen molar-refractivity contribution in [3.63, 3.8) is 0 Å². The van der Waals surface area contributed by atoms with E-state index in [0.717, 1.165) is 0 Å². The SMILES string of the molecule is COc1cc(OC)nc(C(C)N)n1. The highest BCUT2D eigenvalue weighted by Gasteiger charge is 2.08. The molecule has 0 aliphatic rings. The molecule has 0 radical (unpaired) electrons. The lowest BCUT2D eigenvalue weighted by Gasteiger charge is -2.07. The summed E-state index contributed by atoms with van der Waals surface area (Å²) >= 11 is 0. The van der Waals surface area contributed by atoms with Crippen LogP contribution < -0.4 is 15.2 Å². The molecule has 0 amide bonds. The Hall–Kier alpha value is -1.36. The quantitative estimate of drug-likeness (QED) is 0.739. The van der Waals surface area contributed by atoms with Crippen LogP contribution in [0.4, 0.5) is 0 Å². The lowest BCUT2D eigenvalue weighted by Crippen LogP contribution is -2.11. The summed E-state index contributed by atoms with van der Waals surface area (Å²) < 4.78 is 9.92. The van der Waals surface area contributed by atoms with E-state index in [-0.39, 0.29) is 6.04 Å². The van der Waals surface area contributed by atoms with Crippen LogP contribution in [0.2, 0.25) is 0 Å².